The molecule has 1 unspecified atom stereocenters. The van der Waals surface area contributed by atoms with Gasteiger partial charge in [0.2, 0.25) is 0 Å². The molecule has 0 saturated heterocycles. The van der Waals surface area contributed by atoms with Crippen LogP contribution in [0.4, 0.5) is 14.9 Å². The third-order valence-corrected chi connectivity index (χ3v) is 5.25. The molecule has 1 atom stereocenters. The van der Waals surface area contributed by atoms with Crippen molar-refractivity contribution in [2.24, 2.45) is 0 Å². The molecule has 0 radical (unpaired) electrons. The topological polar surface area (TPSA) is 104 Å². The molecule has 0 fully saturated rings. The van der Waals surface area contributed by atoms with Crippen LogP contribution in [0.15, 0.2) is 71.3 Å². The molecule has 2 amide bonds. The zero-order valence-corrected chi connectivity index (χ0v) is 20.2. The maximum atomic E-state index is 14.3. The van der Waals surface area contributed by atoms with Crippen LogP contribution in [-0.4, -0.2) is 28.8 Å². The summed E-state index contributed by atoms with van der Waals surface area (Å²) < 4.78 is 19.9. The predicted octanol–water partition coefficient (Wildman–Crippen LogP) is 5.87. The smallest absolute Gasteiger partial charge is 0.411 e. The van der Waals surface area contributed by atoms with Crippen molar-refractivity contribution in [3.8, 4) is 0 Å². The van der Waals surface area contributed by atoms with E-state index in [0.717, 1.165) is 0 Å². The van der Waals surface area contributed by atoms with Gasteiger partial charge in [0.15, 0.2) is 0 Å². The number of halogens is 2. The predicted molar refractivity (Wildman–Crippen MR) is 132 cm³/mol. The largest absolute Gasteiger partial charge is 0.447 e. The summed E-state index contributed by atoms with van der Waals surface area (Å²) in [5.74, 6) is -1.25. The number of benzene rings is 2. The fraction of sp³-hybridized carbons (Fsp3) is 0.200. The van der Waals surface area contributed by atoms with E-state index in [1.807, 2.05) is 0 Å². The maximum Gasteiger partial charge on any atom is 0.411 e. The quantitative estimate of drug-likeness (QED) is 0.319. The Kier molecular flexibility index (Phi) is 8.48. The Balaban J connectivity index is 1.74. The van der Waals surface area contributed by atoms with E-state index in [1.165, 1.54) is 12.1 Å². The second-order valence-electron chi connectivity index (χ2n) is 7.74. The molecule has 3 aromatic rings. The third kappa shape index (κ3) is 6.95. The number of hydrogen-bond donors (Lipinski definition) is 3. The zero-order chi connectivity index (χ0) is 24.7. The number of nitrogens with zero attached hydrogens (tertiary/aromatic N) is 1. The van der Waals surface area contributed by atoms with E-state index in [0.29, 0.717) is 21.4 Å². The van der Waals surface area contributed by atoms with Crippen molar-refractivity contribution in [2.45, 2.75) is 32.4 Å². The number of carbonyl (C=O) groups is 2. The molecule has 0 spiro atoms. The SMILES string of the molecule is CC(C)OC(=O)Nc1ccc(C(=N)CC(NC(=O)c2ccc(Br)cc2F)c2ccccn2)cc1. The average molecular weight is 527 g/mol. The minimum Gasteiger partial charge on any atom is -0.447 e. The van der Waals surface area contributed by atoms with Crippen molar-refractivity contribution in [1.82, 2.24) is 10.3 Å². The number of nitrogens with one attached hydrogen (secondary N) is 3. The van der Waals surface area contributed by atoms with Crippen LogP contribution in [0.2, 0.25) is 0 Å². The van der Waals surface area contributed by atoms with E-state index < -0.39 is 23.9 Å². The zero-order valence-electron chi connectivity index (χ0n) is 18.6. The molecule has 9 heteroatoms. The molecule has 2 aromatic carbocycles. The van der Waals surface area contributed by atoms with Gasteiger partial charge in [-0.1, -0.05) is 34.1 Å². The third-order valence-electron chi connectivity index (χ3n) is 4.76. The lowest BCUT2D eigenvalue weighted by Gasteiger charge is -2.19. The second kappa shape index (κ2) is 11.5. The second-order valence-corrected chi connectivity index (χ2v) is 8.66. The van der Waals surface area contributed by atoms with E-state index in [1.54, 1.807) is 68.6 Å². The van der Waals surface area contributed by atoms with Gasteiger partial charge in [0.05, 0.1) is 23.4 Å². The van der Waals surface area contributed by atoms with E-state index in [4.69, 9.17) is 10.1 Å². The van der Waals surface area contributed by atoms with Crippen molar-refractivity contribution in [3.63, 3.8) is 0 Å². The Morgan fingerprint density at radius 3 is 2.47 bits per heavy atom. The summed E-state index contributed by atoms with van der Waals surface area (Å²) in [6, 6.07) is 15.5. The van der Waals surface area contributed by atoms with Crippen LogP contribution in [-0.2, 0) is 4.74 Å². The van der Waals surface area contributed by atoms with Gasteiger partial charge < -0.3 is 15.5 Å². The van der Waals surface area contributed by atoms with E-state index >= 15 is 0 Å². The first kappa shape index (κ1) is 25.0. The van der Waals surface area contributed by atoms with Gasteiger partial charge in [-0.25, -0.2) is 9.18 Å². The summed E-state index contributed by atoms with van der Waals surface area (Å²) >= 11 is 3.18. The number of hydrogen-bond acceptors (Lipinski definition) is 5. The molecule has 34 heavy (non-hydrogen) atoms. The fourth-order valence-corrected chi connectivity index (χ4v) is 3.49. The number of rotatable bonds is 8. The lowest BCUT2D eigenvalue weighted by atomic mass is 9.99. The van der Waals surface area contributed by atoms with Crippen molar-refractivity contribution in [2.75, 3.05) is 5.32 Å². The summed E-state index contributed by atoms with van der Waals surface area (Å²) in [6.07, 6.45) is 0.922. The molecule has 0 aliphatic rings. The van der Waals surface area contributed by atoms with Crippen LogP contribution in [0.25, 0.3) is 0 Å². The highest BCUT2D eigenvalue weighted by Gasteiger charge is 2.21. The van der Waals surface area contributed by atoms with Crippen molar-refractivity contribution in [1.29, 1.82) is 5.41 Å². The Bertz CT molecular complexity index is 1170. The standard InChI is InChI=1S/C25H24BrFN4O3/c1-15(2)34-25(33)30-18-9-6-16(7-10-18)21(28)14-23(22-5-3-4-12-29-22)31-24(32)19-11-8-17(26)13-20(19)27/h3-13,15,23,28H,14H2,1-2H3,(H,30,33)(H,31,32). The highest BCUT2D eigenvalue weighted by atomic mass is 79.9. The summed E-state index contributed by atoms with van der Waals surface area (Å²) in [4.78, 5) is 28.8. The molecule has 0 saturated carbocycles. The van der Waals surface area contributed by atoms with Gasteiger partial charge in [0.1, 0.15) is 5.82 Å². The summed E-state index contributed by atoms with van der Waals surface area (Å²) in [5.41, 5.74) is 1.83. The van der Waals surface area contributed by atoms with Crippen LogP contribution in [0.5, 0.6) is 0 Å². The molecule has 1 aromatic heterocycles. The minimum absolute atomic E-state index is 0.0978. The number of amides is 2. The maximum absolute atomic E-state index is 14.3. The molecule has 176 valence electrons. The average Bonchev–Trinajstić information content (AvgIpc) is 2.79. The van der Waals surface area contributed by atoms with Crippen LogP contribution < -0.4 is 10.6 Å². The van der Waals surface area contributed by atoms with Gasteiger partial charge in [-0.2, -0.15) is 0 Å². The van der Waals surface area contributed by atoms with Crippen LogP contribution in [0.1, 0.15) is 47.9 Å². The van der Waals surface area contributed by atoms with Crippen LogP contribution >= 0.6 is 15.9 Å². The Morgan fingerprint density at radius 2 is 1.85 bits per heavy atom. The van der Waals surface area contributed by atoms with Gasteiger partial charge in [-0.3, -0.25) is 15.1 Å². The number of pyridine rings is 1. The normalized spacial score (nSPS) is 11.6. The highest BCUT2D eigenvalue weighted by molar-refractivity contribution is 9.10. The molecule has 7 nitrogen and oxygen atoms in total. The van der Waals surface area contributed by atoms with Gasteiger partial charge in [0.25, 0.3) is 5.91 Å². The molecule has 0 aliphatic carbocycles. The summed E-state index contributed by atoms with van der Waals surface area (Å²) in [6.45, 7) is 3.51. The number of anilines is 1. The van der Waals surface area contributed by atoms with Gasteiger partial charge >= 0.3 is 6.09 Å². The number of carbonyl (C=O) groups excluding carboxylic acids is 2. The van der Waals surface area contributed by atoms with Gasteiger partial charge in [-0.15, -0.1) is 0 Å². The van der Waals surface area contributed by atoms with Gasteiger partial charge in [0, 0.05) is 28.5 Å². The molecule has 3 N–H and O–H groups in total. The van der Waals surface area contributed by atoms with Crippen molar-refractivity contribution < 1.29 is 18.7 Å². The Hall–Kier alpha value is -3.59. The van der Waals surface area contributed by atoms with Crippen molar-refractivity contribution in [3.05, 3.63) is 94.0 Å². The van der Waals surface area contributed by atoms with Gasteiger partial charge in [-0.05, 0) is 61.9 Å². The first-order chi connectivity index (χ1) is 16.2. The molecule has 0 aliphatic heterocycles. The lowest BCUT2D eigenvalue weighted by molar-refractivity contribution is 0.0932. The molecule has 0 bridgehead atoms. The van der Waals surface area contributed by atoms with E-state index in [9.17, 15) is 14.0 Å². The monoisotopic (exact) mass is 526 g/mol. The van der Waals surface area contributed by atoms with Crippen molar-refractivity contribution >= 4 is 39.3 Å². The molecule has 3 rings (SSSR count). The minimum atomic E-state index is -0.652. The Morgan fingerprint density at radius 1 is 1.12 bits per heavy atom. The molecular weight excluding hydrogens is 503 g/mol. The fourth-order valence-electron chi connectivity index (χ4n) is 3.16. The Labute approximate surface area is 205 Å². The lowest BCUT2D eigenvalue weighted by Crippen LogP contribution is -2.31. The summed E-state index contributed by atoms with van der Waals surface area (Å²) in [7, 11) is 0. The van der Waals surface area contributed by atoms with E-state index in [2.05, 4.69) is 31.5 Å². The highest BCUT2D eigenvalue weighted by Crippen LogP contribution is 2.21. The first-order valence-electron chi connectivity index (χ1n) is 10.5. The molecule has 1 heterocycles. The molecular formula is C25H24BrFN4O3. The first-order valence-corrected chi connectivity index (χ1v) is 11.3. The number of aromatic nitrogens is 1. The number of ether oxygens (including phenoxy) is 1. The van der Waals surface area contributed by atoms with Crippen LogP contribution in [0.3, 0.4) is 0 Å². The van der Waals surface area contributed by atoms with Crippen LogP contribution in [0, 0.1) is 11.2 Å². The van der Waals surface area contributed by atoms with E-state index in [-0.39, 0.29) is 23.8 Å². The summed E-state index contributed by atoms with van der Waals surface area (Å²) in [5, 5.41) is 14.0.